The van der Waals surface area contributed by atoms with Crippen LogP contribution in [0.2, 0.25) is 0 Å². The van der Waals surface area contributed by atoms with Crippen LogP contribution in [0, 0.1) is 5.82 Å². The van der Waals surface area contributed by atoms with Gasteiger partial charge in [0.05, 0.1) is 6.61 Å². The minimum Gasteiger partial charge on any atom is -0.453 e. The molecule has 2 rings (SSSR count). The predicted octanol–water partition coefficient (Wildman–Crippen LogP) is 3.18. The first-order chi connectivity index (χ1) is 8.20. The van der Waals surface area contributed by atoms with Gasteiger partial charge in [-0.2, -0.15) is 0 Å². The molecule has 4 heteroatoms. The molecule has 1 aromatic heterocycles. The lowest BCUT2D eigenvalue weighted by atomic mass is 10.2. The van der Waals surface area contributed by atoms with Crippen molar-refractivity contribution in [2.75, 3.05) is 13.2 Å². The summed E-state index contributed by atoms with van der Waals surface area (Å²) >= 11 is 0. The summed E-state index contributed by atoms with van der Waals surface area (Å²) in [6.07, 6.45) is 0.274. The number of carbonyl (C=O) groups excluding carboxylic acids is 1. The summed E-state index contributed by atoms with van der Waals surface area (Å²) in [5.41, 5.74) is 0.520. The van der Waals surface area contributed by atoms with E-state index in [-0.39, 0.29) is 23.8 Å². The van der Waals surface area contributed by atoms with Crippen LogP contribution in [0.4, 0.5) is 4.39 Å². The van der Waals surface area contributed by atoms with Gasteiger partial charge in [-0.15, -0.1) is 0 Å². The molecule has 0 aliphatic heterocycles. The minimum atomic E-state index is -0.341. The van der Waals surface area contributed by atoms with E-state index < -0.39 is 0 Å². The highest BCUT2D eigenvalue weighted by molar-refractivity contribution is 5.97. The third-order valence-corrected chi connectivity index (χ3v) is 2.43. The Kier molecular flexibility index (Phi) is 3.54. The molecule has 0 aliphatic rings. The Labute approximate surface area is 98.2 Å². The third-order valence-electron chi connectivity index (χ3n) is 2.43. The number of hydrogen-bond acceptors (Lipinski definition) is 3. The zero-order valence-electron chi connectivity index (χ0n) is 9.53. The third kappa shape index (κ3) is 2.71. The molecule has 0 fully saturated rings. The average molecular weight is 236 g/mol. The molecule has 0 amide bonds. The molecule has 3 nitrogen and oxygen atoms in total. The fraction of sp³-hybridized carbons (Fsp3) is 0.308. The minimum absolute atomic E-state index is 0.130. The molecular weight excluding hydrogens is 223 g/mol. The van der Waals surface area contributed by atoms with Crippen molar-refractivity contribution in [1.82, 2.24) is 0 Å². The highest BCUT2D eigenvalue weighted by Gasteiger charge is 2.12. The van der Waals surface area contributed by atoms with E-state index in [0.29, 0.717) is 24.2 Å². The van der Waals surface area contributed by atoms with Crippen LogP contribution in [0.3, 0.4) is 0 Å². The number of Topliss-reactive ketones (excluding diaryl/α,β-unsaturated/α-hetero) is 1. The largest absolute Gasteiger partial charge is 0.453 e. The maximum absolute atomic E-state index is 12.9. The van der Waals surface area contributed by atoms with E-state index in [1.807, 2.05) is 6.92 Å². The molecule has 0 saturated heterocycles. The predicted molar refractivity (Wildman–Crippen MR) is 61.6 cm³/mol. The number of benzene rings is 1. The standard InChI is InChI=1S/C13H13FO3/c1-2-16-6-5-11(15)13-8-9-7-10(14)3-4-12(9)17-13/h3-4,7-8H,2,5-6H2,1H3. The number of rotatable bonds is 5. The van der Waals surface area contributed by atoms with Crippen LogP contribution in [-0.4, -0.2) is 19.0 Å². The summed E-state index contributed by atoms with van der Waals surface area (Å²) in [5.74, 6) is -0.216. The Morgan fingerprint density at radius 2 is 2.24 bits per heavy atom. The summed E-state index contributed by atoms with van der Waals surface area (Å²) in [6, 6.07) is 5.73. The number of fused-ring (bicyclic) bond motifs is 1. The summed E-state index contributed by atoms with van der Waals surface area (Å²) < 4.78 is 23.4. The molecular formula is C13H13FO3. The molecule has 0 bridgehead atoms. The Morgan fingerprint density at radius 1 is 1.41 bits per heavy atom. The van der Waals surface area contributed by atoms with Crippen LogP contribution in [-0.2, 0) is 4.74 Å². The second-order valence-electron chi connectivity index (χ2n) is 3.66. The molecule has 0 saturated carbocycles. The fourth-order valence-electron chi connectivity index (χ4n) is 1.58. The highest BCUT2D eigenvalue weighted by atomic mass is 19.1. The topological polar surface area (TPSA) is 39.4 Å². The van der Waals surface area contributed by atoms with Gasteiger partial charge in [-0.25, -0.2) is 4.39 Å². The van der Waals surface area contributed by atoms with Crippen molar-refractivity contribution in [1.29, 1.82) is 0 Å². The van der Waals surface area contributed by atoms with Gasteiger partial charge >= 0.3 is 0 Å². The lowest BCUT2D eigenvalue weighted by Crippen LogP contribution is -2.03. The Balaban J connectivity index is 2.15. The number of ketones is 1. The second-order valence-corrected chi connectivity index (χ2v) is 3.66. The van der Waals surface area contributed by atoms with E-state index in [2.05, 4.69) is 0 Å². The summed E-state index contributed by atoms with van der Waals surface area (Å²) in [4.78, 5) is 11.7. The lowest BCUT2D eigenvalue weighted by Gasteiger charge is -1.97. The molecule has 0 radical (unpaired) electrons. The Hall–Kier alpha value is -1.68. The smallest absolute Gasteiger partial charge is 0.200 e. The number of ether oxygens (including phenoxy) is 1. The van der Waals surface area contributed by atoms with E-state index in [9.17, 15) is 9.18 Å². The van der Waals surface area contributed by atoms with Crippen LogP contribution in [0.1, 0.15) is 23.9 Å². The molecule has 1 heterocycles. The highest BCUT2D eigenvalue weighted by Crippen LogP contribution is 2.21. The Bertz CT molecular complexity index is 530. The maximum Gasteiger partial charge on any atom is 0.200 e. The number of hydrogen-bond donors (Lipinski definition) is 0. The van der Waals surface area contributed by atoms with Gasteiger partial charge < -0.3 is 9.15 Å². The van der Waals surface area contributed by atoms with Gasteiger partial charge in [0.15, 0.2) is 11.5 Å². The van der Waals surface area contributed by atoms with Gasteiger partial charge in [-0.3, -0.25) is 4.79 Å². The lowest BCUT2D eigenvalue weighted by molar-refractivity contribution is 0.0872. The first kappa shape index (κ1) is 11.8. The molecule has 0 aliphatic carbocycles. The van der Waals surface area contributed by atoms with E-state index in [0.717, 1.165) is 0 Å². The zero-order chi connectivity index (χ0) is 12.3. The second kappa shape index (κ2) is 5.10. The zero-order valence-corrected chi connectivity index (χ0v) is 9.53. The van der Waals surface area contributed by atoms with Crippen LogP contribution in [0.15, 0.2) is 28.7 Å². The van der Waals surface area contributed by atoms with Gasteiger partial charge in [0, 0.05) is 18.4 Å². The van der Waals surface area contributed by atoms with Crippen molar-refractivity contribution in [3.63, 3.8) is 0 Å². The maximum atomic E-state index is 12.9. The van der Waals surface area contributed by atoms with Gasteiger partial charge in [0.1, 0.15) is 11.4 Å². The van der Waals surface area contributed by atoms with E-state index in [4.69, 9.17) is 9.15 Å². The van der Waals surface area contributed by atoms with Crippen molar-refractivity contribution in [2.45, 2.75) is 13.3 Å². The average Bonchev–Trinajstić information content (AvgIpc) is 2.72. The van der Waals surface area contributed by atoms with E-state index in [1.165, 1.54) is 18.2 Å². The van der Waals surface area contributed by atoms with Gasteiger partial charge in [-0.1, -0.05) is 0 Å². The van der Waals surface area contributed by atoms with Crippen LogP contribution in [0.25, 0.3) is 11.0 Å². The van der Waals surface area contributed by atoms with Crippen LogP contribution < -0.4 is 0 Å². The molecule has 2 aromatic rings. The molecule has 1 aromatic carbocycles. The molecule has 17 heavy (non-hydrogen) atoms. The van der Waals surface area contributed by atoms with Gasteiger partial charge in [0.25, 0.3) is 0 Å². The number of halogens is 1. The van der Waals surface area contributed by atoms with Crippen molar-refractivity contribution >= 4 is 16.8 Å². The van der Waals surface area contributed by atoms with E-state index in [1.54, 1.807) is 6.07 Å². The quantitative estimate of drug-likeness (QED) is 0.591. The van der Waals surface area contributed by atoms with Gasteiger partial charge in [0.2, 0.25) is 0 Å². The van der Waals surface area contributed by atoms with Crippen LogP contribution in [0.5, 0.6) is 0 Å². The number of carbonyl (C=O) groups is 1. The van der Waals surface area contributed by atoms with Crippen molar-refractivity contribution in [3.05, 3.63) is 35.8 Å². The molecule has 90 valence electrons. The SMILES string of the molecule is CCOCCC(=O)c1cc2cc(F)ccc2o1. The summed E-state index contributed by atoms with van der Waals surface area (Å²) in [6.45, 7) is 2.83. The molecule has 0 spiro atoms. The first-order valence-corrected chi connectivity index (χ1v) is 5.50. The van der Waals surface area contributed by atoms with Gasteiger partial charge in [-0.05, 0) is 31.2 Å². The monoisotopic (exact) mass is 236 g/mol. The fourth-order valence-corrected chi connectivity index (χ4v) is 1.58. The first-order valence-electron chi connectivity index (χ1n) is 5.50. The molecule has 0 unspecified atom stereocenters. The van der Waals surface area contributed by atoms with Crippen molar-refractivity contribution < 1.29 is 18.3 Å². The summed E-state index contributed by atoms with van der Waals surface area (Å²) in [7, 11) is 0. The Morgan fingerprint density at radius 3 is 3.00 bits per heavy atom. The number of furan rings is 1. The normalized spacial score (nSPS) is 10.9. The van der Waals surface area contributed by atoms with Crippen LogP contribution >= 0.6 is 0 Å². The molecule has 0 atom stereocenters. The van der Waals surface area contributed by atoms with Crippen molar-refractivity contribution in [3.8, 4) is 0 Å². The molecule has 0 N–H and O–H groups in total. The van der Waals surface area contributed by atoms with E-state index >= 15 is 0 Å². The van der Waals surface area contributed by atoms with Crippen molar-refractivity contribution in [2.24, 2.45) is 0 Å². The summed E-state index contributed by atoms with van der Waals surface area (Å²) in [5, 5.41) is 0.602.